The Kier molecular flexibility index (Phi) is 35.9. The Morgan fingerprint density at radius 1 is 0.325 bits per heavy atom. The minimum absolute atomic E-state index is 0.342. The second kappa shape index (κ2) is 36.4. The average Bonchev–Trinajstić information content (AvgIpc) is 2.95. The highest BCUT2D eigenvalue weighted by Crippen LogP contribution is 2.17. The van der Waals surface area contributed by atoms with Crippen molar-refractivity contribution in [1.29, 1.82) is 0 Å². The van der Waals surface area contributed by atoms with Crippen LogP contribution in [0.2, 0.25) is 0 Å². The van der Waals surface area contributed by atoms with E-state index in [-0.39, 0.29) is 0 Å². The third kappa shape index (κ3) is 37.4. The van der Waals surface area contributed by atoms with Gasteiger partial charge in [-0.05, 0) is 12.8 Å². The Bertz CT molecular complexity index is 468. The zero-order valence-electron chi connectivity index (χ0n) is 27.0. The summed E-state index contributed by atoms with van der Waals surface area (Å²) in [6.45, 7) is 0.493. The first-order valence-electron chi connectivity index (χ1n) is 18.3. The summed E-state index contributed by atoms with van der Waals surface area (Å²) in [5.41, 5.74) is 0. The standard InChI is InChI=1S/C36H72O4/c37-36(38)34-32-30-28-26-24-22-20-18-16-14-12-10-8-6-4-2-1-3-5-7-9-11-13-15-17-19-21-23-25-27-29-31-33-35-40-39/h39H,1-35H2,(H,37,38). The van der Waals surface area contributed by atoms with Crippen LogP contribution in [0.25, 0.3) is 0 Å². The molecule has 0 radical (unpaired) electrons. The van der Waals surface area contributed by atoms with Crippen LogP contribution in [0, 0.1) is 0 Å². The summed E-state index contributed by atoms with van der Waals surface area (Å²) in [4.78, 5) is 14.6. The highest BCUT2D eigenvalue weighted by atomic mass is 17.1. The molecular weight excluding hydrogens is 496 g/mol. The fraction of sp³-hybridized carbons (Fsp3) is 0.972. The van der Waals surface area contributed by atoms with Crippen LogP contribution in [0.4, 0.5) is 0 Å². The summed E-state index contributed by atoms with van der Waals surface area (Å²) < 4.78 is 0. The van der Waals surface area contributed by atoms with E-state index in [1.165, 1.54) is 193 Å². The smallest absolute Gasteiger partial charge is 0.303 e. The van der Waals surface area contributed by atoms with Crippen LogP contribution in [-0.4, -0.2) is 22.9 Å². The number of rotatable bonds is 36. The minimum Gasteiger partial charge on any atom is -0.481 e. The van der Waals surface area contributed by atoms with Gasteiger partial charge >= 0.3 is 5.97 Å². The van der Waals surface area contributed by atoms with Crippen molar-refractivity contribution in [2.24, 2.45) is 0 Å². The first-order valence-corrected chi connectivity index (χ1v) is 18.3. The van der Waals surface area contributed by atoms with E-state index < -0.39 is 5.97 Å². The largest absolute Gasteiger partial charge is 0.481 e. The van der Waals surface area contributed by atoms with E-state index in [9.17, 15) is 4.79 Å². The number of carboxylic acids is 1. The number of aliphatic carboxylic acids is 1. The molecular formula is C36H72O4. The maximum absolute atomic E-state index is 10.5. The fourth-order valence-electron chi connectivity index (χ4n) is 5.92. The molecule has 0 aromatic carbocycles. The number of hydrogen-bond acceptors (Lipinski definition) is 3. The molecule has 0 spiro atoms. The van der Waals surface area contributed by atoms with Gasteiger partial charge < -0.3 is 5.11 Å². The van der Waals surface area contributed by atoms with E-state index >= 15 is 0 Å². The molecule has 0 bridgehead atoms. The summed E-state index contributed by atoms with van der Waals surface area (Å²) in [5, 5.41) is 16.9. The van der Waals surface area contributed by atoms with E-state index in [4.69, 9.17) is 10.4 Å². The van der Waals surface area contributed by atoms with E-state index in [1.54, 1.807) is 0 Å². The van der Waals surface area contributed by atoms with Crippen LogP contribution in [0.1, 0.15) is 218 Å². The molecule has 4 nitrogen and oxygen atoms in total. The highest BCUT2D eigenvalue weighted by molar-refractivity contribution is 5.66. The molecule has 0 aliphatic carbocycles. The Labute approximate surface area is 250 Å². The third-order valence-corrected chi connectivity index (χ3v) is 8.63. The Balaban J connectivity index is 3.03. The van der Waals surface area contributed by atoms with Crippen LogP contribution in [-0.2, 0) is 9.68 Å². The van der Waals surface area contributed by atoms with Crippen LogP contribution in [0.15, 0.2) is 0 Å². The predicted molar refractivity (Wildman–Crippen MR) is 173 cm³/mol. The topological polar surface area (TPSA) is 66.8 Å². The Morgan fingerprint density at radius 3 is 0.675 bits per heavy atom. The normalized spacial score (nSPS) is 11.4. The van der Waals surface area contributed by atoms with Crippen LogP contribution in [0.5, 0.6) is 0 Å². The summed E-state index contributed by atoms with van der Waals surface area (Å²) in [7, 11) is 0. The van der Waals surface area contributed by atoms with Crippen molar-refractivity contribution in [3.8, 4) is 0 Å². The maximum Gasteiger partial charge on any atom is 0.303 e. The van der Waals surface area contributed by atoms with Gasteiger partial charge in [-0.25, -0.2) is 4.89 Å². The zero-order chi connectivity index (χ0) is 29.0. The second-order valence-corrected chi connectivity index (χ2v) is 12.6. The first kappa shape index (κ1) is 39.4. The quantitative estimate of drug-likeness (QED) is 0.0448. The van der Waals surface area contributed by atoms with Gasteiger partial charge in [0, 0.05) is 6.42 Å². The second-order valence-electron chi connectivity index (χ2n) is 12.6. The van der Waals surface area contributed by atoms with Crippen LogP contribution >= 0.6 is 0 Å². The van der Waals surface area contributed by atoms with Gasteiger partial charge in [0.25, 0.3) is 0 Å². The number of carbonyl (C=O) groups is 1. The molecule has 2 N–H and O–H groups in total. The number of unbranched alkanes of at least 4 members (excludes halogenated alkanes) is 32. The van der Waals surface area contributed by atoms with Gasteiger partial charge in [-0.15, -0.1) is 0 Å². The lowest BCUT2D eigenvalue weighted by Gasteiger charge is -2.05. The van der Waals surface area contributed by atoms with Gasteiger partial charge in [0.2, 0.25) is 0 Å². The summed E-state index contributed by atoms with van der Waals surface area (Å²) in [6.07, 6.45) is 45.3. The van der Waals surface area contributed by atoms with Gasteiger partial charge in [-0.3, -0.25) is 10.1 Å². The Morgan fingerprint density at radius 2 is 0.500 bits per heavy atom. The van der Waals surface area contributed by atoms with E-state index in [1.807, 2.05) is 0 Å². The van der Waals surface area contributed by atoms with Gasteiger partial charge in [0.1, 0.15) is 0 Å². The molecule has 0 heterocycles. The monoisotopic (exact) mass is 569 g/mol. The summed E-state index contributed by atoms with van der Waals surface area (Å²) in [6, 6.07) is 0. The van der Waals surface area contributed by atoms with Crippen molar-refractivity contribution in [3.63, 3.8) is 0 Å². The fourth-order valence-corrected chi connectivity index (χ4v) is 5.92. The SMILES string of the molecule is O=C(O)CCCCCCCCCCCCCCCCCCCCCCCCCCCCCCCCCCCOO. The summed E-state index contributed by atoms with van der Waals surface area (Å²) in [5.74, 6) is -0.651. The molecule has 0 amide bonds. The lowest BCUT2D eigenvalue weighted by Crippen LogP contribution is -1.93. The van der Waals surface area contributed by atoms with Gasteiger partial charge in [-0.1, -0.05) is 199 Å². The number of hydrogen-bond donors (Lipinski definition) is 2. The zero-order valence-corrected chi connectivity index (χ0v) is 27.0. The lowest BCUT2D eigenvalue weighted by molar-refractivity contribution is -0.242. The molecule has 0 aromatic heterocycles. The molecule has 0 saturated carbocycles. The first-order chi connectivity index (χ1) is 19.8. The van der Waals surface area contributed by atoms with Crippen molar-refractivity contribution >= 4 is 5.97 Å². The van der Waals surface area contributed by atoms with Crippen molar-refractivity contribution in [2.75, 3.05) is 6.61 Å². The van der Waals surface area contributed by atoms with E-state index in [0.29, 0.717) is 13.0 Å². The molecule has 0 rings (SSSR count). The van der Waals surface area contributed by atoms with Crippen LogP contribution < -0.4 is 0 Å². The molecule has 40 heavy (non-hydrogen) atoms. The average molecular weight is 569 g/mol. The molecule has 0 aromatic rings. The maximum atomic E-state index is 10.5. The van der Waals surface area contributed by atoms with Crippen molar-refractivity contribution in [1.82, 2.24) is 0 Å². The molecule has 4 heteroatoms. The van der Waals surface area contributed by atoms with Crippen molar-refractivity contribution in [3.05, 3.63) is 0 Å². The molecule has 0 fully saturated rings. The van der Waals surface area contributed by atoms with E-state index in [2.05, 4.69) is 4.89 Å². The van der Waals surface area contributed by atoms with Crippen molar-refractivity contribution < 1.29 is 20.0 Å². The number of carboxylic acid groups (broad SMARTS) is 1. The Hall–Kier alpha value is -0.610. The third-order valence-electron chi connectivity index (χ3n) is 8.63. The molecule has 240 valence electrons. The molecule has 0 atom stereocenters. The predicted octanol–water partition coefficient (Wildman–Crippen LogP) is 12.8. The lowest BCUT2D eigenvalue weighted by atomic mass is 10.0. The summed E-state index contributed by atoms with van der Waals surface area (Å²) >= 11 is 0. The van der Waals surface area contributed by atoms with Crippen molar-refractivity contribution in [2.45, 2.75) is 218 Å². The molecule has 0 saturated heterocycles. The molecule has 0 aliphatic heterocycles. The molecule has 0 unspecified atom stereocenters. The van der Waals surface area contributed by atoms with Gasteiger partial charge in [-0.2, -0.15) is 0 Å². The minimum atomic E-state index is -0.651. The van der Waals surface area contributed by atoms with Gasteiger partial charge in [0.15, 0.2) is 0 Å². The van der Waals surface area contributed by atoms with Crippen LogP contribution in [0.3, 0.4) is 0 Å². The highest BCUT2D eigenvalue weighted by Gasteiger charge is 1.98. The van der Waals surface area contributed by atoms with Gasteiger partial charge in [0.05, 0.1) is 6.61 Å². The van der Waals surface area contributed by atoms with E-state index in [0.717, 1.165) is 19.3 Å². The molecule has 0 aliphatic rings.